The second-order valence-corrected chi connectivity index (χ2v) is 4.49. The molecule has 110 valence electrons. The standard InChI is InChI=1S/C15H17N3O3/c1-16-9-12(10-19)18-15(20)8-7-14(17-18)11-3-5-13(21-2)6-4-11/h3-8,10,12,16H,9H2,1-2H3. The number of rotatable bonds is 6. The first-order valence-electron chi connectivity index (χ1n) is 6.53. The molecule has 1 heterocycles. The van der Waals surface area contributed by atoms with Crippen LogP contribution in [0.25, 0.3) is 11.3 Å². The summed E-state index contributed by atoms with van der Waals surface area (Å²) >= 11 is 0. The van der Waals surface area contributed by atoms with Crippen LogP contribution < -0.4 is 15.6 Å². The van der Waals surface area contributed by atoms with Crippen LogP contribution in [-0.2, 0) is 4.79 Å². The van der Waals surface area contributed by atoms with E-state index in [1.54, 1.807) is 20.2 Å². The summed E-state index contributed by atoms with van der Waals surface area (Å²) in [6.07, 6.45) is 0.711. The largest absolute Gasteiger partial charge is 0.497 e. The summed E-state index contributed by atoms with van der Waals surface area (Å²) in [6, 6.07) is 9.77. The number of aromatic nitrogens is 2. The third-order valence-electron chi connectivity index (χ3n) is 3.10. The molecule has 2 aromatic rings. The van der Waals surface area contributed by atoms with Gasteiger partial charge in [0.05, 0.1) is 12.8 Å². The first kappa shape index (κ1) is 14.9. The van der Waals surface area contributed by atoms with E-state index >= 15 is 0 Å². The molecule has 1 aromatic carbocycles. The third kappa shape index (κ3) is 3.35. The lowest BCUT2D eigenvalue weighted by Crippen LogP contribution is -2.33. The number of ether oxygens (including phenoxy) is 1. The SMILES string of the molecule is CNCC(C=O)n1nc(-c2ccc(OC)cc2)ccc1=O. The minimum Gasteiger partial charge on any atom is -0.497 e. The maximum atomic E-state index is 11.9. The molecule has 1 atom stereocenters. The molecule has 6 nitrogen and oxygen atoms in total. The van der Waals surface area contributed by atoms with E-state index in [0.29, 0.717) is 18.5 Å². The predicted octanol–water partition coefficient (Wildman–Crippen LogP) is 0.878. The van der Waals surface area contributed by atoms with Crippen LogP contribution in [0.15, 0.2) is 41.2 Å². The van der Waals surface area contributed by atoms with Gasteiger partial charge in [-0.05, 0) is 37.4 Å². The fourth-order valence-electron chi connectivity index (χ4n) is 1.98. The number of hydrogen-bond acceptors (Lipinski definition) is 5. The first-order valence-corrected chi connectivity index (χ1v) is 6.53. The number of carbonyl (C=O) groups excluding carboxylic acids is 1. The molecule has 0 spiro atoms. The quantitative estimate of drug-likeness (QED) is 0.798. The topological polar surface area (TPSA) is 73.2 Å². The number of benzene rings is 1. The maximum absolute atomic E-state index is 11.9. The van der Waals surface area contributed by atoms with E-state index in [-0.39, 0.29) is 5.56 Å². The summed E-state index contributed by atoms with van der Waals surface area (Å²) in [4.78, 5) is 23.0. The van der Waals surface area contributed by atoms with Crippen LogP contribution in [0.2, 0.25) is 0 Å². The van der Waals surface area contributed by atoms with Crippen molar-refractivity contribution in [2.24, 2.45) is 0 Å². The van der Waals surface area contributed by atoms with Gasteiger partial charge in [-0.3, -0.25) is 4.79 Å². The normalized spacial score (nSPS) is 11.9. The van der Waals surface area contributed by atoms with Crippen molar-refractivity contribution < 1.29 is 9.53 Å². The van der Waals surface area contributed by atoms with Crippen molar-refractivity contribution in [3.8, 4) is 17.0 Å². The van der Waals surface area contributed by atoms with Gasteiger partial charge < -0.3 is 14.8 Å². The van der Waals surface area contributed by atoms with Gasteiger partial charge in [-0.1, -0.05) is 0 Å². The van der Waals surface area contributed by atoms with Crippen molar-refractivity contribution in [1.29, 1.82) is 0 Å². The second kappa shape index (κ2) is 6.81. The minimum atomic E-state index is -0.624. The molecule has 6 heteroatoms. The molecule has 2 rings (SSSR count). The summed E-state index contributed by atoms with van der Waals surface area (Å²) in [5.74, 6) is 0.744. The zero-order valence-corrected chi connectivity index (χ0v) is 11.9. The highest BCUT2D eigenvalue weighted by Gasteiger charge is 2.13. The predicted molar refractivity (Wildman–Crippen MR) is 79.5 cm³/mol. The third-order valence-corrected chi connectivity index (χ3v) is 3.10. The molecular weight excluding hydrogens is 270 g/mol. The lowest BCUT2D eigenvalue weighted by molar-refractivity contribution is -0.110. The van der Waals surface area contributed by atoms with Gasteiger partial charge in [0.15, 0.2) is 0 Å². The summed E-state index contributed by atoms with van der Waals surface area (Å²) in [6.45, 7) is 0.350. The van der Waals surface area contributed by atoms with Crippen molar-refractivity contribution in [3.63, 3.8) is 0 Å². The molecule has 0 saturated heterocycles. The summed E-state index contributed by atoms with van der Waals surface area (Å²) in [5, 5.41) is 7.15. The van der Waals surface area contributed by atoms with Gasteiger partial charge in [0, 0.05) is 18.2 Å². The fraction of sp³-hybridized carbons (Fsp3) is 0.267. The molecule has 0 aliphatic heterocycles. The number of carbonyl (C=O) groups is 1. The fourth-order valence-corrected chi connectivity index (χ4v) is 1.98. The second-order valence-electron chi connectivity index (χ2n) is 4.49. The van der Waals surface area contributed by atoms with Crippen molar-refractivity contribution in [3.05, 3.63) is 46.8 Å². The van der Waals surface area contributed by atoms with Crippen LogP contribution in [0, 0.1) is 0 Å². The van der Waals surface area contributed by atoms with Crippen LogP contribution >= 0.6 is 0 Å². The van der Waals surface area contributed by atoms with Crippen molar-refractivity contribution in [2.45, 2.75) is 6.04 Å². The number of methoxy groups -OCH3 is 1. The molecule has 0 aliphatic carbocycles. The van der Waals surface area contributed by atoms with Gasteiger partial charge >= 0.3 is 0 Å². The van der Waals surface area contributed by atoms with Crippen LogP contribution in [-0.4, -0.2) is 36.8 Å². The van der Waals surface area contributed by atoms with E-state index in [0.717, 1.165) is 11.3 Å². The highest BCUT2D eigenvalue weighted by atomic mass is 16.5. The van der Waals surface area contributed by atoms with Crippen molar-refractivity contribution >= 4 is 6.29 Å². The van der Waals surface area contributed by atoms with E-state index in [1.165, 1.54) is 10.7 Å². The lowest BCUT2D eigenvalue weighted by Gasteiger charge is -2.13. The molecule has 1 unspecified atom stereocenters. The minimum absolute atomic E-state index is 0.306. The van der Waals surface area contributed by atoms with Gasteiger partial charge in [-0.25, -0.2) is 4.68 Å². The van der Waals surface area contributed by atoms with Crippen molar-refractivity contribution in [2.75, 3.05) is 20.7 Å². The molecule has 21 heavy (non-hydrogen) atoms. The molecule has 1 aromatic heterocycles. The van der Waals surface area contributed by atoms with E-state index in [9.17, 15) is 9.59 Å². The Morgan fingerprint density at radius 2 is 2.00 bits per heavy atom. The summed E-state index contributed by atoms with van der Waals surface area (Å²) in [7, 11) is 3.31. The van der Waals surface area contributed by atoms with Crippen LogP contribution in [0.4, 0.5) is 0 Å². The summed E-state index contributed by atoms with van der Waals surface area (Å²) < 4.78 is 6.30. The average Bonchev–Trinajstić information content (AvgIpc) is 2.53. The lowest BCUT2D eigenvalue weighted by atomic mass is 10.1. The smallest absolute Gasteiger partial charge is 0.267 e. The van der Waals surface area contributed by atoms with E-state index < -0.39 is 6.04 Å². The Morgan fingerprint density at radius 1 is 1.29 bits per heavy atom. The molecule has 0 fully saturated rings. The van der Waals surface area contributed by atoms with Crippen molar-refractivity contribution in [1.82, 2.24) is 15.1 Å². The number of likely N-dealkylation sites (N-methyl/N-ethyl adjacent to an activating group) is 1. The molecule has 1 N–H and O–H groups in total. The van der Waals surface area contributed by atoms with Crippen LogP contribution in [0.3, 0.4) is 0 Å². The zero-order valence-electron chi connectivity index (χ0n) is 11.9. The number of nitrogens with one attached hydrogen (secondary N) is 1. The molecule has 0 radical (unpaired) electrons. The zero-order chi connectivity index (χ0) is 15.2. The average molecular weight is 287 g/mol. The van der Waals surface area contributed by atoms with Crippen LogP contribution in [0.5, 0.6) is 5.75 Å². The van der Waals surface area contributed by atoms with E-state index in [1.807, 2.05) is 24.3 Å². The van der Waals surface area contributed by atoms with Gasteiger partial charge in [0.25, 0.3) is 5.56 Å². The number of aldehydes is 1. The molecular formula is C15H17N3O3. The Bertz CT molecular complexity index is 665. The van der Waals surface area contributed by atoms with Gasteiger partial charge in [-0.2, -0.15) is 5.10 Å². The molecule has 0 aliphatic rings. The van der Waals surface area contributed by atoms with Crippen LogP contribution in [0.1, 0.15) is 6.04 Å². The Hall–Kier alpha value is -2.47. The van der Waals surface area contributed by atoms with E-state index in [2.05, 4.69) is 10.4 Å². The van der Waals surface area contributed by atoms with Gasteiger partial charge in [0.2, 0.25) is 0 Å². The monoisotopic (exact) mass is 287 g/mol. The maximum Gasteiger partial charge on any atom is 0.267 e. The molecule has 0 saturated carbocycles. The number of nitrogens with zero attached hydrogens (tertiary/aromatic N) is 2. The van der Waals surface area contributed by atoms with Gasteiger partial charge in [0.1, 0.15) is 18.1 Å². The Labute approximate surface area is 122 Å². The van der Waals surface area contributed by atoms with Gasteiger partial charge in [-0.15, -0.1) is 0 Å². The Kier molecular flexibility index (Phi) is 4.84. The summed E-state index contributed by atoms with van der Waals surface area (Å²) in [5.41, 5.74) is 1.17. The highest BCUT2D eigenvalue weighted by Crippen LogP contribution is 2.19. The molecule has 0 bridgehead atoms. The Morgan fingerprint density at radius 3 is 2.57 bits per heavy atom. The van der Waals surface area contributed by atoms with E-state index in [4.69, 9.17) is 4.74 Å². The Balaban J connectivity index is 2.41. The number of hydrogen-bond donors (Lipinski definition) is 1. The first-order chi connectivity index (χ1) is 10.2. The highest BCUT2D eigenvalue weighted by molar-refractivity contribution is 5.60. The molecule has 0 amide bonds.